The summed E-state index contributed by atoms with van der Waals surface area (Å²) in [5, 5.41) is 0. The predicted molar refractivity (Wildman–Crippen MR) is 75.6 cm³/mol. The Morgan fingerprint density at radius 2 is 1.72 bits per heavy atom. The molecule has 0 radical (unpaired) electrons. The van der Waals surface area contributed by atoms with E-state index in [0.29, 0.717) is 0 Å². The van der Waals surface area contributed by atoms with Crippen molar-refractivity contribution in [3.05, 3.63) is 65.2 Å². The fourth-order valence-electron chi connectivity index (χ4n) is 2.51. The van der Waals surface area contributed by atoms with Gasteiger partial charge in [0.2, 0.25) is 0 Å². The van der Waals surface area contributed by atoms with Crippen LogP contribution in [-0.2, 0) is 6.42 Å². The molecule has 0 aliphatic heterocycles. The Kier molecular flexibility index (Phi) is 2.89. The van der Waals surface area contributed by atoms with Gasteiger partial charge in [0.05, 0.1) is 7.11 Å². The summed E-state index contributed by atoms with van der Waals surface area (Å²) in [5.74, 6) is 0.906. The van der Waals surface area contributed by atoms with Gasteiger partial charge >= 0.3 is 0 Å². The van der Waals surface area contributed by atoms with Crippen molar-refractivity contribution in [2.45, 2.75) is 12.8 Å². The molecule has 1 heteroatoms. The standard InChI is InChI=1S/C17H16O/c1-18-16-10-6-13(7-11-16)12-15-9-8-14-4-2-3-5-17(14)15/h2-7,10-12H,8-9H2,1H3. The number of allylic oxidation sites excluding steroid dienone is 1. The second-order valence-electron chi connectivity index (χ2n) is 4.60. The molecular formula is C17H16O. The quantitative estimate of drug-likeness (QED) is 0.760. The van der Waals surface area contributed by atoms with Gasteiger partial charge in [0, 0.05) is 0 Å². The Bertz CT molecular complexity index is 579. The average molecular weight is 236 g/mol. The Morgan fingerprint density at radius 3 is 2.50 bits per heavy atom. The number of aryl methyl sites for hydroxylation is 1. The Hall–Kier alpha value is -2.02. The third-order valence-corrected chi connectivity index (χ3v) is 3.48. The van der Waals surface area contributed by atoms with E-state index in [4.69, 9.17) is 4.74 Å². The summed E-state index contributed by atoms with van der Waals surface area (Å²) in [4.78, 5) is 0. The smallest absolute Gasteiger partial charge is 0.118 e. The van der Waals surface area contributed by atoms with E-state index in [2.05, 4.69) is 42.5 Å². The lowest BCUT2D eigenvalue weighted by Crippen LogP contribution is -1.82. The van der Waals surface area contributed by atoms with Crippen molar-refractivity contribution in [3.63, 3.8) is 0 Å². The number of benzene rings is 2. The molecule has 1 nitrogen and oxygen atoms in total. The van der Waals surface area contributed by atoms with Gasteiger partial charge in [-0.25, -0.2) is 0 Å². The van der Waals surface area contributed by atoms with E-state index in [1.54, 1.807) is 7.11 Å². The molecule has 0 bridgehead atoms. The van der Waals surface area contributed by atoms with Crippen LogP contribution in [0, 0.1) is 0 Å². The number of hydrogen-bond acceptors (Lipinski definition) is 1. The van der Waals surface area contributed by atoms with Gasteiger partial charge in [0.15, 0.2) is 0 Å². The molecular weight excluding hydrogens is 220 g/mol. The van der Waals surface area contributed by atoms with Crippen LogP contribution in [-0.4, -0.2) is 7.11 Å². The minimum Gasteiger partial charge on any atom is -0.497 e. The second kappa shape index (κ2) is 4.69. The fourth-order valence-corrected chi connectivity index (χ4v) is 2.51. The van der Waals surface area contributed by atoms with Gasteiger partial charge in [-0.2, -0.15) is 0 Å². The number of ether oxygens (including phenoxy) is 1. The topological polar surface area (TPSA) is 9.23 Å². The van der Waals surface area contributed by atoms with E-state index < -0.39 is 0 Å². The lowest BCUT2D eigenvalue weighted by Gasteiger charge is -2.02. The number of hydrogen-bond donors (Lipinski definition) is 0. The number of rotatable bonds is 2. The molecule has 0 N–H and O–H groups in total. The van der Waals surface area contributed by atoms with Crippen LogP contribution in [0.4, 0.5) is 0 Å². The molecule has 0 spiro atoms. The van der Waals surface area contributed by atoms with Crippen LogP contribution in [0.3, 0.4) is 0 Å². The molecule has 0 fully saturated rings. The molecule has 90 valence electrons. The Balaban J connectivity index is 1.93. The minimum absolute atomic E-state index is 0.906. The van der Waals surface area contributed by atoms with Crippen LogP contribution in [0.25, 0.3) is 11.6 Å². The van der Waals surface area contributed by atoms with Crippen LogP contribution < -0.4 is 4.74 Å². The highest BCUT2D eigenvalue weighted by atomic mass is 16.5. The molecule has 3 rings (SSSR count). The van der Waals surface area contributed by atoms with Gasteiger partial charge in [0.1, 0.15) is 5.75 Å². The molecule has 0 aromatic heterocycles. The molecule has 1 aliphatic rings. The van der Waals surface area contributed by atoms with Gasteiger partial charge in [-0.15, -0.1) is 0 Å². The molecule has 0 saturated heterocycles. The first-order valence-corrected chi connectivity index (χ1v) is 6.30. The summed E-state index contributed by atoms with van der Waals surface area (Å²) in [7, 11) is 1.70. The first-order valence-electron chi connectivity index (χ1n) is 6.30. The summed E-state index contributed by atoms with van der Waals surface area (Å²) in [6, 6.07) is 16.9. The van der Waals surface area contributed by atoms with Gasteiger partial charge in [-0.3, -0.25) is 0 Å². The zero-order chi connectivity index (χ0) is 12.4. The second-order valence-corrected chi connectivity index (χ2v) is 4.60. The summed E-state index contributed by atoms with van der Waals surface area (Å²) < 4.78 is 5.17. The fraction of sp³-hybridized carbons (Fsp3) is 0.176. The third-order valence-electron chi connectivity index (χ3n) is 3.48. The molecule has 0 atom stereocenters. The molecule has 0 unspecified atom stereocenters. The monoisotopic (exact) mass is 236 g/mol. The first-order chi connectivity index (χ1) is 8.86. The van der Waals surface area contributed by atoms with Crippen molar-refractivity contribution in [1.82, 2.24) is 0 Å². The molecule has 18 heavy (non-hydrogen) atoms. The normalized spacial score (nSPS) is 15.7. The van der Waals surface area contributed by atoms with Crippen molar-refractivity contribution in [3.8, 4) is 5.75 Å². The first kappa shape index (κ1) is 11.1. The van der Waals surface area contributed by atoms with Crippen molar-refractivity contribution in [2.24, 2.45) is 0 Å². The third kappa shape index (κ3) is 2.04. The lowest BCUT2D eigenvalue weighted by atomic mass is 10.0. The van der Waals surface area contributed by atoms with Crippen molar-refractivity contribution in [1.29, 1.82) is 0 Å². The van der Waals surface area contributed by atoms with Crippen LogP contribution in [0.1, 0.15) is 23.1 Å². The van der Waals surface area contributed by atoms with Gasteiger partial charge in [-0.05, 0) is 47.2 Å². The van der Waals surface area contributed by atoms with E-state index in [0.717, 1.165) is 18.6 Å². The average Bonchev–Trinajstić information content (AvgIpc) is 2.83. The highest BCUT2D eigenvalue weighted by Gasteiger charge is 2.14. The summed E-state index contributed by atoms with van der Waals surface area (Å²) >= 11 is 0. The SMILES string of the molecule is COc1ccc(C=C2CCc3ccccc32)cc1. The zero-order valence-corrected chi connectivity index (χ0v) is 10.5. The molecule has 1 aliphatic carbocycles. The van der Waals surface area contributed by atoms with Crippen LogP contribution in [0.15, 0.2) is 48.5 Å². The van der Waals surface area contributed by atoms with Gasteiger partial charge < -0.3 is 4.74 Å². The number of fused-ring (bicyclic) bond motifs is 1. The minimum atomic E-state index is 0.906. The van der Waals surface area contributed by atoms with E-state index in [-0.39, 0.29) is 0 Å². The zero-order valence-electron chi connectivity index (χ0n) is 10.5. The summed E-state index contributed by atoms with van der Waals surface area (Å²) in [6.45, 7) is 0. The van der Waals surface area contributed by atoms with Crippen molar-refractivity contribution < 1.29 is 4.74 Å². The lowest BCUT2D eigenvalue weighted by molar-refractivity contribution is 0.415. The largest absolute Gasteiger partial charge is 0.497 e. The van der Waals surface area contributed by atoms with E-state index in [1.807, 2.05) is 12.1 Å². The molecule has 0 saturated carbocycles. The maximum Gasteiger partial charge on any atom is 0.118 e. The van der Waals surface area contributed by atoms with Crippen molar-refractivity contribution in [2.75, 3.05) is 7.11 Å². The maximum atomic E-state index is 5.17. The van der Waals surface area contributed by atoms with Gasteiger partial charge in [-0.1, -0.05) is 42.5 Å². The summed E-state index contributed by atoms with van der Waals surface area (Å²) in [6.07, 6.45) is 4.59. The highest BCUT2D eigenvalue weighted by molar-refractivity contribution is 5.85. The molecule has 0 amide bonds. The number of methoxy groups -OCH3 is 1. The van der Waals surface area contributed by atoms with Crippen molar-refractivity contribution >= 4 is 11.6 Å². The molecule has 2 aromatic rings. The van der Waals surface area contributed by atoms with Gasteiger partial charge in [0.25, 0.3) is 0 Å². The predicted octanol–water partition coefficient (Wildman–Crippen LogP) is 4.18. The summed E-state index contributed by atoms with van der Waals surface area (Å²) in [5.41, 5.74) is 5.56. The Labute approximate surface area is 108 Å². The van der Waals surface area contributed by atoms with Crippen LogP contribution in [0.5, 0.6) is 5.75 Å². The maximum absolute atomic E-state index is 5.17. The van der Waals surface area contributed by atoms with Crippen LogP contribution >= 0.6 is 0 Å². The van der Waals surface area contributed by atoms with E-state index >= 15 is 0 Å². The molecule has 0 heterocycles. The molecule has 2 aromatic carbocycles. The van der Waals surface area contributed by atoms with E-state index in [9.17, 15) is 0 Å². The van der Waals surface area contributed by atoms with Crippen LogP contribution in [0.2, 0.25) is 0 Å². The Morgan fingerprint density at radius 1 is 0.944 bits per heavy atom. The van der Waals surface area contributed by atoms with E-state index in [1.165, 1.54) is 22.3 Å². The highest BCUT2D eigenvalue weighted by Crippen LogP contribution is 2.33.